The number of fused-ring (bicyclic) bond motifs is 3. The Morgan fingerprint density at radius 3 is 1.38 bits per heavy atom. The van der Waals surface area contributed by atoms with Gasteiger partial charge in [-0.25, -0.2) is 14.8 Å². The van der Waals surface area contributed by atoms with Gasteiger partial charge >= 0.3 is 5.69 Å². The molecule has 0 saturated heterocycles. The maximum Gasteiger partial charge on any atom is 0.328 e. The van der Waals surface area contributed by atoms with Crippen LogP contribution in [0.2, 0.25) is 0 Å². The van der Waals surface area contributed by atoms with Gasteiger partial charge in [0.1, 0.15) is 0 Å². The van der Waals surface area contributed by atoms with E-state index in [9.17, 15) is 4.79 Å². The van der Waals surface area contributed by atoms with Crippen LogP contribution in [0, 0.1) is 0 Å². The summed E-state index contributed by atoms with van der Waals surface area (Å²) in [6, 6.07) is 63.9. The quantitative estimate of drug-likeness (QED) is 0.161. The van der Waals surface area contributed by atoms with Crippen molar-refractivity contribution in [1.29, 1.82) is 0 Å². The highest BCUT2D eigenvalue weighted by Gasteiger charge is 2.18. The topological polar surface area (TPSA) is 52.7 Å². The normalized spacial score (nSPS) is 11.5. The minimum atomic E-state index is -0.0394. The first-order chi connectivity index (χ1) is 27.5. The average molecular weight is 721 g/mol. The number of imidazole rings is 1. The molecule has 0 spiro atoms. The van der Waals surface area contributed by atoms with E-state index in [1.54, 1.807) is 9.13 Å². The third-order valence-corrected chi connectivity index (χ3v) is 11.0. The molecule has 56 heavy (non-hydrogen) atoms. The van der Waals surface area contributed by atoms with E-state index >= 15 is 0 Å². The van der Waals surface area contributed by atoms with E-state index in [4.69, 9.17) is 9.97 Å². The Hall–Kier alpha value is -7.37. The molecule has 0 aliphatic rings. The first-order valence-corrected chi connectivity index (χ1v) is 18.8. The van der Waals surface area contributed by atoms with E-state index in [0.29, 0.717) is 5.82 Å². The van der Waals surface area contributed by atoms with Gasteiger partial charge in [-0.05, 0) is 85.3 Å². The first-order valence-electron chi connectivity index (χ1n) is 18.8. The summed E-state index contributed by atoms with van der Waals surface area (Å²) < 4.78 is 3.38. The summed E-state index contributed by atoms with van der Waals surface area (Å²) >= 11 is 0. The molecule has 0 unspecified atom stereocenters. The number of hydrogen-bond donors (Lipinski definition) is 0. The molecule has 0 aliphatic carbocycles. The fraction of sp³-hybridized carbons (Fsp3) is 0.0392. The number of aryl methyl sites for hydroxylation is 2. The fourth-order valence-electron chi connectivity index (χ4n) is 8.19. The molecule has 10 aromatic rings. The smallest absolute Gasteiger partial charge is 0.295 e. The molecule has 0 fully saturated rings. The number of benzene rings is 8. The van der Waals surface area contributed by atoms with Gasteiger partial charge in [0, 0.05) is 30.8 Å². The van der Waals surface area contributed by atoms with Crippen molar-refractivity contribution in [3.8, 4) is 67.3 Å². The summed E-state index contributed by atoms with van der Waals surface area (Å²) in [5, 5.41) is 4.87. The largest absolute Gasteiger partial charge is 0.328 e. The van der Waals surface area contributed by atoms with Gasteiger partial charge in [0.15, 0.2) is 5.82 Å². The van der Waals surface area contributed by atoms with Crippen LogP contribution in [-0.2, 0) is 14.1 Å². The summed E-state index contributed by atoms with van der Waals surface area (Å²) in [6.45, 7) is 0. The van der Waals surface area contributed by atoms with Crippen molar-refractivity contribution in [3.63, 3.8) is 0 Å². The zero-order valence-corrected chi connectivity index (χ0v) is 31.0. The van der Waals surface area contributed by atoms with Gasteiger partial charge in [-0.15, -0.1) is 0 Å². The summed E-state index contributed by atoms with van der Waals surface area (Å²) in [5.74, 6) is 0.665. The Morgan fingerprint density at radius 1 is 0.357 bits per heavy atom. The van der Waals surface area contributed by atoms with Crippen molar-refractivity contribution < 1.29 is 0 Å². The lowest BCUT2D eigenvalue weighted by Gasteiger charge is -2.18. The van der Waals surface area contributed by atoms with Gasteiger partial charge < -0.3 is 0 Å². The second kappa shape index (κ2) is 13.5. The van der Waals surface area contributed by atoms with Crippen LogP contribution >= 0.6 is 0 Å². The van der Waals surface area contributed by atoms with Gasteiger partial charge in [-0.3, -0.25) is 9.13 Å². The maximum atomic E-state index is 12.7. The molecule has 0 N–H and O–H groups in total. The van der Waals surface area contributed by atoms with Crippen molar-refractivity contribution in [2.75, 3.05) is 0 Å². The van der Waals surface area contributed by atoms with Crippen LogP contribution in [0.15, 0.2) is 187 Å². The van der Waals surface area contributed by atoms with E-state index in [1.165, 1.54) is 38.2 Å². The highest BCUT2D eigenvalue weighted by atomic mass is 16.1. The second-order valence-electron chi connectivity index (χ2n) is 14.3. The molecule has 8 aromatic carbocycles. The molecule has 10 rings (SSSR count). The predicted octanol–water partition coefficient (Wildman–Crippen LogP) is 12.0. The lowest BCUT2D eigenvalue weighted by Crippen LogP contribution is -2.19. The minimum Gasteiger partial charge on any atom is -0.295 e. The van der Waals surface area contributed by atoms with Crippen LogP contribution in [0.3, 0.4) is 0 Å². The molecular formula is C51H36N4O. The molecule has 0 amide bonds. The Bertz CT molecular complexity index is 3120. The molecule has 0 saturated carbocycles. The summed E-state index contributed by atoms with van der Waals surface area (Å²) in [7, 11) is 3.63. The molecular weight excluding hydrogens is 685 g/mol. The lowest BCUT2D eigenvalue weighted by molar-refractivity contribution is 0.795. The van der Waals surface area contributed by atoms with Crippen molar-refractivity contribution in [3.05, 3.63) is 192 Å². The molecule has 2 heterocycles. The van der Waals surface area contributed by atoms with Crippen molar-refractivity contribution in [2.24, 2.45) is 14.1 Å². The van der Waals surface area contributed by atoms with Gasteiger partial charge in [0.25, 0.3) is 0 Å². The minimum absolute atomic E-state index is 0.0394. The molecule has 0 radical (unpaired) electrons. The Balaban J connectivity index is 1.14. The zero-order valence-electron chi connectivity index (χ0n) is 31.0. The van der Waals surface area contributed by atoms with E-state index in [0.717, 1.165) is 55.8 Å². The monoisotopic (exact) mass is 720 g/mol. The molecule has 2 aromatic heterocycles. The highest BCUT2D eigenvalue weighted by Crippen LogP contribution is 2.44. The van der Waals surface area contributed by atoms with Crippen molar-refractivity contribution >= 4 is 32.6 Å². The first kappa shape index (κ1) is 33.2. The van der Waals surface area contributed by atoms with Crippen LogP contribution in [0.5, 0.6) is 0 Å². The van der Waals surface area contributed by atoms with Crippen LogP contribution < -0.4 is 5.69 Å². The molecule has 0 aliphatic heterocycles. The van der Waals surface area contributed by atoms with Crippen LogP contribution in [0.4, 0.5) is 0 Å². The highest BCUT2D eigenvalue weighted by molar-refractivity contribution is 6.21. The summed E-state index contributed by atoms with van der Waals surface area (Å²) in [4.78, 5) is 23.0. The lowest BCUT2D eigenvalue weighted by atomic mass is 9.85. The molecule has 266 valence electrons. The van der Waals surface area contributed by atoms with Gasteiger partial charge in [-0.2, -0.15) is 0 Å². The predicted molar refractivity (Wildman–Crippen MR) is 231 cm³/mol. The summed E-state index contributed by atoms with van der Waals surface area (Å²) in [6.07, 6.45) is 0. The zero-order chi connectivity index (χ0) is 37.8. The third kappa shape index (κ3) is 5.60. The number of rotatable bonds is 6. The van der Waals surface area contributed by atoms with Gasteiger partial charge in [0.05, 0.1) is 22.4 Å². The van der Waals surface area contributed by atoms with Crippen molar-refractivity contribution in [1.82, 2.24) is 19.1 Å². The molecule has 5 nitrogen and oxygen atoms in total. The number of aromatic nitrogens is 4. The Labute approximate surface area is 324 Å². The summed E-state index contributed by atoms with van der Waals surface area (Å²) in [5.41, 5.74) is 13.2. The number of nitrogens with zero attached hydrogens (tertiary/aromatic N) is 4. The van der Waals surface area contributed by atoms with E-state index in [2.05, 4.69) is 158 Å². The van der Waals surface area contributed by atoms with Gasteiger partial charge in [-0.1, -0.05) is 152 Å². The van der Waals surface area contributed by atoms with Crippen molar-refractivity contribution in [2.45, 2.75) is 0 Å². The van der Waals surface area contributed by atoms with Gasteiger partial charge in [0.2, 0.25) is 0 Å². The number of hydrogen-bond acceptors (Lipinski definition) is 3. The van der Waals surface area contributed by atoms with Crippen LogP contribution in [0.25, 0.3) is 99.9 Å². The standard InChI is InChI=1S/C51H36N4O/c1-54-46-28-27-36(31-47(46)55(2)51(54)56)35-19-13-20-37(29-35)44-32-45(53-50(52-44)34-17-7-4-8-18-34)38-21-14-22-39(30-38)49-42-25-11-9-23-40(42)48(33-15-5-3-6-16-33)41-24-10-12-26-43(41)49/h3-32H,1-2H3. The third-order valence-electron chi connectivity index (χ3n) is 11.0. The van der Waals surface area contributed by atoms with E-state index in [1.807, 2.05) is 38.4 Å². The molecule has 0 bridgehead atoms. The maximum absolute atomic E-state index is 12.7. The Morgan fingerprint density at radius 2 is 0.786 bits per heavy atom. The molecule has 0 atom stereocenters. The Kier molecular flexibility index (Phi) is 8.00. The second-order valence-corrected chi connectivity index (χ2v) is 14.3. The SMILES string of the molecule is Cn1c(=O)n(C)c2cc(-c3cccc(-c4cc(-c5cccc(-c6c7ccccc7c(-c7ccccc7)c7ccccc67)c5)nc(-c5ccccc5)n4)c3)ccc21. The van der Waals surface area contributed by atoms with E-state index < -0.39 is 0 Å². The molecule has 5 heteroatoms. The average Bonchev–Trinajstić information content (AvgIpc) is 3.48. The van der Waals surface area contributed by atoms with Crippen LogP contribution in [-0.4, -0.2) is 19.1 Å². The van der Waals surface area contributed by atoms with E-state index in [-0.39, 0.29) is 5.69 Å². The fourth-order valence-corrected chi connectivity index (χ4v) is 8.19. The van der Waals surface area contributed by atoms with Crippen LogP contribution in [0.1, 0.15) is 0 Å².